The van der Waals surface area contributed by atoms with Crippen LogP contribution in [0.5, 0.6) is 0 Å². The summed E-state index contributed by atoms with van der Waals surface area (Å²) in [5, 5.41) is 0.204. The van der Waals surface area contributed by atoms with Crippen molar-refractivity contribution in [3.63, 3.8) is 0 Å². The van der Waals surface area contributed by atoms with E-state index >= 15 is 0 Å². The molecule has 1 atom stereocenters. The monoisotopic (exact) mass is 224 g/mol. The van der Waals surface area contributed by atoms with Gasteiger partial charge in [0.2, 0.25) is 0 Å². The molecule has 0 radical (unpaired) electrons. The molecule has 0 spiro atoms. The number of carbonyl (C=O) groups is 1. The Morgan fingerprint density at radius 1 is 1.27 bits per heavy atom. The first kappa shape index (κ1) is 12.1. The Morgan fingerprint density at radius 3 is 2.33 bits per heavy atom. The van der Waals surface area contributed by atoms with Gasteiger partial charge in [-0.15, -0.1) is 0 Å². The Morgan fingerprint density at radius 2 is 1.87 bits per heavy atom. The van der Waals surface area contributed by atoms with Gasteiger partial charge in [-0.2, -0.15) is 0 Å². The molecule has 1 unspecified atom stereocenters. The molecular formula is C12H16O2S. The van der Waals surface area contributed by atoms with Gasteiger partial charge in [0.25, 0.3) is 0 Å². The maximum absolute atomic E-state index is 10.8. The molecule has 15 heavy (non-hydrogen) atoms. The molecule has 82 valence electrons. The highest BCUT2D eigenvalue weighted by Gasteiger charge is 2.18. The van der Waals surface area contributed by atoms with Crippen molar-refractivity contribution < 1.29 is 8.98 Å². The maximum Gasteiger partial charge on any atom is 0.314 e. The van der Waals surface area contributed by atoms with Crippen LogP contribution in [0.3, 0.4) is 0 Å². The van der Waals surface area contributed by atoms with Crippen LogP contribution in [0.2, 0.25) is 0 Å². The first-order valence-corrected chi connectivity index (χ1v) is 5.80. The molecule has 1 aromatic carbocycles. The topological polar surface area (TPSA) is 26.3 Å². The second-order valence-corrected chi connectivity index (χ2v) is 4.61. The second-order valence-electron chi connectivity index (χ2n) is 3.75. The lowest BCUT2D eigenvalue weighted by molar-refractivity contribution is -0.130. The Bertz CT molecular complexity index is 309. The van der Waals surface area contributed by atoms with Crippen molar-refractivity contribution in [1.82, 2.24) is 0 Å². The van der Waals surface area contributed by atoms with Crippen molar-refractivity contribution >= 4 is 18.0 Å². The van der Waals surface area contributed by atoms with E-state index in [0.29, 0.717) is 5.92 Å². The highest BCUT2D eigenvalue weighted by molar-refractivity contribution is 7.95. The van der Waals surface area contributed by atoms with E-state index in [1.807, 2.05) is 18.2 Å². The third kappa shape index (κ3) is 3.96. The van der Waals surface area contributed by atoms with E-state index in [2.05, 4.69) is 26.0 Å². The van der Waals surface area contributed by atoms with Gasteiger partial charge in [-0.3, -0.25) is 4.79 Å². The summed E-state index contributed by atoms with van der Waals surface area (Å²) in [5.74, 6) is 0.179. The Hall–Kier alpha value is -0.960. The molecule has 0 aromatic heterocycles. The average molecular weight is 224 g/mol. The van der Waals surface area contributed by atoms with E-state index in [1.165, 1.54) is 24.5 Å². The number of carbonyl (C=O) groups excluding carboxylic acids is 1. The largest absolute Gasteiger partial charge is 0.391 e. The van der Waals surface area contributed by atoms with Gasteiger partial charge in [-0.1, -0.05) is 44.2 Å². The molecule has 0 amide bonds. The van der Waals surface area contributed by atoms with Gasteiger partial charge in [-0.05, 0) is 11.5 Å². The van der Waals surface area contributed by atoms with Crippen molar-refractivity contribution in [3.8, 4) is 0 Å². The maximum atomic E-state index is 10.8. The molecular weight excluding hydrogens is 208 g/mol. The van der Waals surface area contributed by atoms with E-state index in [9.17, 15) is 4.79 Å². The van der Waals surface area contributed by atoms with Crippen LogP contribution in [-0.4, -0.2) is 5.97 Å². The second kappa shape index (κ2) is 5.81. The fourth-order valence-electron chi connectivity index (χ4n) is 1.31. The molecule has 0 bridgehead atoms. The smallest absolute Gasteiger partial charge is 0.314 e. The fraction of sp³-hybridized carbons (Fsp3) is 0.417. The molecule has 0 aliphatic carbocycles. The van der Waals surface area contributed by atoms with Gasteiger partial charge in [0.1, 0.15) is 0 Å². The van der Waals surface area contributed by atoms with Gasteiger partial charge in [0.15, 0.2) is 0 Å². The first-order valence-electron chi connectivity index (χ1n) is 5.00. The SMILES string of the molecule is CC(=O)OSC(c1ccccc1)C(C)C. The number of hydrogen-bond donors (Lipinski definition) is 0. The average Bonchev–Trinajstić information content (AvgIpc) is 2.18. The molecule has 2 nitrogen and oxygen atoms in total. The van der Waals surface area contributed by atoms with Crippen LogP contribution in [0, 0.1) is 5.92 Å². The van der Waals surface area contributed by atoms with Gasteiger partial charge < -0.3 is 4.18 Å². The molecule has 0 heterocycles. The molecule has 0 saturated heterocycles. The minimum Gasteiger partial charge on any atom is -0.391 e. The lowest BCUT2D eigenvalue weighted by Gasteiger charge is -2.18. The highest BCUT2D eigenvalue weighted by Crippen LogP contribution is 2.36. The summed E-state index contributed by atoms with van der Waals surface area (Å²) in [7, 11) is 0. The number of rotatable bonds is 4. The molecule has 0 aliphatic heterocycles. The summed E-state index contributed by atoms with van der Waals surface area (Å²) in [6.07, 6.45) is 0. The Balaban J connectivity index is 2.70. The minimum atomic E-state index is -0.249. The summed E-state index contributed by atoms with van der Waals surface area (Å²) < 4.78 is 5.00. The normalized spacial score (nSPS) is 12.5. The van der Waals surface area contributed by atoms with Crippen LogP contribution >= 0.6 is 12.0 Å². The van der Waals surface area contributed by atoms with Crippen LogP contribution in [0.4, 0.5) is 0 Å². The summed E-state index contributed by atoms with van der Waals surface area (Å²) in [5.41, 5.74) is 1.19. The van der Waals surface area contributed by atoms with Crippen molar-refractivity contribution in [2.45, 2.75) is 26.0 Å². The quantitative estimate of drug-likeness (QED) is 0.731. The van der Waals surface area contributed by atoms with E-state index in [1.54, 1.807) is 0 Å². The van der Waals surface area contributed by atoms with E-state index in [-0.39, 0.29) is 11.2 Å². The van der Waals surface area contributed by atoms with E-state index in [4.69, 9.17) is 4.18 Å². The van der Waals surface area contributed by atoms with Crippen LogP contribution in [0.1, 0.15) is 31.6 Å². The van der Waals surface area contributed by atoms with Crippen LogP contribution in [-0.2, 0) is 8.98 Å². The van der Waals surface area contributed by atoms with Crippen molar-refractivity contribution in [1.29, 1.82) is 0 Å². The van der Waals surface area contributed by atoms with Gasteiger partial charge in [0.05, 0.1) is 17.3 Å². The van der Waals surface area contributed by atoms with Crippen LogP contribution in [0.25, 0.3) is 0 Å². The Labute approximate surface area is 95.2 Å². The van der Waals surface area contributed by atoms with Gasteiger partial charge in [0, 0.05) is 6.92 Å². The third-order valence-electron chi connectivity index (χ3n) is 2.00. The lowest BCUT2D eigenvalue weighted by Crippen LogP contribution is -2.04. The van der Waals surface area contributed by atoms with Gasteiger partial charge in [-0.25, -0.2) is 0 Å². The number of hydrogen-bond acceptors (Lipinski definition) is 3. The molecule has 0 aliphatic rings. The Kier molecular flexibility index (Phi) is 4.69. The fourth-order valence-corrected chi connectivity index (χ4v) is 2.04. The summed E-state index contributed by atoms with van der Waals surface area (Å²) in [6.45, 7) is 5.66. The van der Waals surface area contributed by atoms with Crippen LogP contribution in [0.15, 0.2) is 30.3 Å². The molecule has 1 aromatic rings. The highest BCUT2D eigenvalue weighted by atomic mass is 32.2. The third-order valence-corrected chi connectivity index (χ3v) is 3.36. The standard InChI is InChI=1S/C12H16O2S/c1-9(2)12(15-14-10(3)13)11-7-5-4-6-8-11/h4-9,12H,1-3H3. The van der Waals surface area contributed by atoms with Crippen molar-refractivity contribution in [2.24, 2.45) is 5.92 Å². The molecule has 0 fully saturated rings. The zero-order valence-electron chi connectivity index (χ0n) is 9.27. The predicted octanol–water partition coefficient (Wildman–Crippen LogP) is 3.60. The van der Waals surface area contributed by atoms with E-state index in [0.717, 1.165) is 0 Å². The zero-order chi connectivity index (χ0) is 11.3. The molecule has 3 heteroatoms. The summed E-state index contributed by atoms with van der Waals surface area (Å²) in [6, 6.07) is 10.1. The van der Waals surface area contributed by atoms with Crippen molar-refractivity contribution in [2.75, 3.05) is 0 Å². The summed E-state index contributed by atoms with van der Waals surface area (Å²) >= 11 is 1.24. The minimum absolute atomic E-state index is 0.204. The van der Waals surface area contributed by atoms with E-state index < -0.39 is 0 Å². The van der Waals surface area contributed by atoms with Crippen LogP contribution < -0.4 is 0 Å². The first-order chi connectivity index (χ1) is 7.11. The lowest BCUT2D eigenvalue weighted by atomic mass is 10.0. The van der Waals surface area contributed by atoms with Gasteiger partial charge >= 0.3 is 5.97 Å². The molecule has 0 N–H and O–H groups in total. The molecule has 0 saturated carbocycles. The van der Waals surface area contributed by atoms with Crippen molar-refractivity contribution in [3.05, 3.63) is 35.9 Å². The molecule has 1 rings (SSSR count). The number of benzene rings is 1. The predicted molar refractivity (Wildman–Crippen MR) is 63.4 cm³/mol. The summed E-state index contributed by atoms with van der Waals surface area (Å²) in [4.78, 5) is 10.8. The zero-order valence-corrected chi connectivity index (χ0v) is 10.1.